The number of alkyl halides is 1. The Labute approximate surface area is 151 Å². The zero-order valence-electron chi connectivity index (χ0n) is 14.3. The first kappa shape index (κ1) is 17.5. The maximum Gasteiger partial charge on any atom is 0.0889 e. The van der Waals surface area contributed by atoms with Gasteiger partial charge in [0, 0.05) is 6.04 Å². The van der Waals surface area contributed by atoms with Gasteiger partial charge in [-0.3, -0.25) is 4.90 Å². The first-order valence-electron chi connectivity index (χ1n) is 9.27. The first-order valence-corrected chi connectivity index (χ1v) is 10.3. The van der Waals surface area contributed by atoms with Gasteiger partial charge < -0.3 is 4.74 Å². The van der Waals surface area contributed by atoms with Crippen molar-refractivity contribution in [2.45, 2.75) is 80.1 Å². The van der Waals surface area contributed by atoms with E-state index in [1.165, 1.54) is 57.9 Å². The molecular formula is C18H31BINO. The van der Waals surface area contributed by atoms with Crippen LogP contribution < -0.4 is 0 Å². The second-order valence-corrected chi connectivity index (χ2v) is 10.4. The first-order chi connectivity index (χ1) is 10.4. The molecular weight excluding hydrogens is 384 g/mol. The molecule has 0 aromatic rings. The number of nitrogens with zero attached hydrogens (tertiary/aromatic N) is 1. The van der Waals surface area contributed by atoms with E-state index >= 15 is 0 Å². The lowest BCUT2D eigenvalue weighted by Crippen LogP contribution is -2.71. The largest absolute Gasteiger partial charge is 0.377 e. The van der Waals surface area contributed by atoms with Gasteiger partial charge in [0.05, 0.1) is 26.6 Å². The fourth-order valence-electron chi connectivity index (χ4n) is 5.26. The van der Waals surface area contributed by atoms with Gasteiger partial charge in [0.25, 0.3) is 0 Å². The molecule has 1 aliphatic carbocycles. The van der Waals surface area contributed by atoms with E-state index in [0.717, 1.165) is 25.0 Å². The average molecular weight is 415 g/mol. The third-order valence-corrected chi connectivity index (χ3v) is 7.50. The number of piperidine rings is 1. The highest BCUT2D eigenvalue weighted by Crippen LogP contribution is 2.48. The van der Waals surface area contributed by atoms with Crippen LogP contribution in [0.1, 0.15) is 65.2 Å². The Morgan fingerprint density at radius 3 is 2.45 bits per heavy atom. The molecule has 0 N–H and O–H groups in total. The molecule has 0 aromatic heterocycles. The third kappa shape index (κ3) is 3.39. The molecule has 3 rings (SSSR count). The van der Waals surface area contributed by atoms with Crippen LogP contribution in [0.5, 0.6) is 0 Å². The van der Waals surface area contributed by atoms with Crippen molar-refractivity contribution in [2.24, 2.45) is 11.8 Å². The average Bonchev–Trinajstić information content (AvgIpc) is 2.41. The van der Waals surface area contributed by atoms with Gasteiger partial charge in [-0.1, -0.05) is 48.3 Å². The lowest BCUT2D eigenvalue weighted by molar-refractivity contribution is -0.208. The summed E-state index contributed by atoms with van der Waals surface area (Å²) in [6, 6.07) is 0.645. The number of fused-ring (bicyclic) bond motifs is 2. The lowest BCUT2D eigenvalue weighted by atomic mass is 9.64. The molecule has 2 saturated heterocycles. The Morgan fingerprint density at radius 1 is 1.09 bits per heavy atom. The quantitative estimate of drug-likeness (QED) is 0.363. The summed E-state index contributed by atoms with van der Waals surface area (Å²) in [5.74, 6) is 1.74. The molecule has 1 saturated carbocycles. The van der Waals surface area contributed by atoms with Gasteiger partial charge in [0.1, 0.15) is 0 Å². The van der Waals surface area contributed by atoms with Crippen LogP contribution in [0.25, 0.3) is 0 Å². The van der Waals surface area contributed by atoms with Gasteiger partial charge >= 0.3 is 0 Å². The molecule has 3 unspecified atom stereocenters. The number of hydrogen-bond acceptors (Lipinski definition) is 2. The summed E-state index contributed by atoms with van der Waals surface area (Å²) in [5.41, 5.74) is 0.362. The molecule has 0 amide bonds. The maximum absolute atomic E-state index is 6.45. The van der Waals surface area contributed by atoms with Crippen molar-refractivity contribution in [2.75, 3.05) is 19.8 Å². The van der Waals surface area contributed by atoms with E-state index < -0.39 is 0 Å². The van der Waals surface area contributed by atoms with Gasteiger partial charge in [0.2, 0.25) is 0 Å². The molecule has 2 heterocycles. The summed E-state index contributed by atoms with van der Waals surface area (Å²) in [4.78, 5) is 2.77. The molecule has 0 bridgehead atoms. The van der Waals surface area contributed by atoms with Gasteiger partial charge in [-0.2, -0.15) is 0 Å². The lowest BCUT2D eigenvalue weighted by Gasteiger charge is -2.61. The third-order valence-electron chi connectivity index (χ3n) is 6.42. The van der Waals surface area contributed by atoms with Crippen LogP contribution in [-0.4, -0.2) is 47.4 Å². The minimum atomic E-state index is 0.0422. The van der Waals surface area contributed by atoms with Crippen LogP contribution in [0.4, 0.5) is 0 Å². The van der Waals surface area contributed by atoms with Crippen molar-refractivity contribution in [3.05, 3.63) is 0 Å². The van der Waals surface area contributed by atoms with E-state index in [1.807, 2.05) is 0 Å². The van der Waals surface area contributed by atoms with E-state index in [9.17, 15) is 0 Å². The topological polar surface area (TPSA) is 12.5 Å². The van der Waals surface area contributed by atoms with Crippen LogP contribution in [0, 0.1) is 11.8 Å². The summed E-state index contributed by atoms with van der Waals surface area (Å²) in [6.45, 7) is 7.93. The van der Waals surface area contributed by atoms with Crippen LogP contribution >= 0.6 is 22.6 Å². The Kier molecular flexibility index (Phi) is 5.51. The van der Waals surface area contributed by atoms with E-state index in [0.29, 0.717) is 11.6 Å². The Bertz CT molecular complexity index is 383. The number of halogens is 1. The molecule has 2 nitrogen and oxygen atoms in total. The van der Waals surface area contributed by atoms with E-state index in [4.69, 9.17) is 12.6 Å². The zero-order valence-corrected chi connectivity index (χ0v) is 16.5. The van der Waals surface area contributed by atoms with Crippen molar-refractivity contribution in [3.63, 3.8) is 0 Å². The summed E-state index contributed by atoms with van der Waals surface area (Å²) >= 11 is 2.50. The van der Waals surface area contributed by atoms with Crippen molar-refractivity contribution in [1.29, 1.82) is 0 Å². The highest BCUT2D eigenvalue weighted by atomic mass is 127. The Balaban J connectivity index is 1.75. The Morgan fingerprint density at radius 2 is 1.82 bits per heavy atom. The maximum atomic E-state index is 6.45. The molecule has 124 valence electrons. The summed E-state index contributed by atoms with van der Waals surface area (Å²) < 4.78 is 5.79. The standard InChI is InChI=1S/C18H31BINO/c1-14(2)21-11-8-15-6-5-10-18(19,20)9-4-3-7-16(15)17(21)12-22-13-17/h14-16H,3-13H2,1-2H3. The van der Waals surface area contributed by atoms with Gasteiger partial charge in [0.15, 0.2) is 0 Å². The number of rotatable bonds is 1. The highest BCUT2D eigenvalue weighted by Gasteiger charge is 2.55. The van der Waals surface area contributed by atoms with Crippen molar-refractivity contribution in [3.8, 4) is 0 Å². The Hall–Kier alpha value is 0.715. The SMILES string of the molecule is [B]C1(I)CCCCC2C(CCC1)CCN(C(C)C)C21COC1. The molecule has 3 aliphatic rings. The molecule has 22 heavy (non-hydrogen) atoms. The molecule has 2 aliphatic heterocycles. The highest BCUT2D eigenvalue weighted by molar-refractivity contribution is 14.1. The molecule has 2 radical (unpaired) electrons. The molecule has 3 atom stereocenters. The molecule has 4 heteroatoms. The predicted octanol–water partition coefficient (Wildman–Crippen LogP) is 4.15. The summed E-state index contributed by atoms with van der Waals surface area (Å²) in [5, 5.41) is 0. The van der Waals surface area contributed by atoms with Gasteiger partial charge in [-0.05, 0) is 61.2 Å². The van der Waals surface area contributed by atoms with Crippen LogP contribution in [0.15, 0.2) is 0 Å². The fourth-order valence-corrected chi connectivity index (χ4v) is 6.02. The number of hydrogen-bond donors (Lipinski definition) is 0. The summed E-state index contributed by atoms with van der Waals surface area (Å²) in [7, 11) is 6.45. The minimum Gasteiger partial charge on any atom is -0.377 e. The van der Waals surface area contributed by atoms with E-state index in [1.54, 1.807) is 0 Å². The normalized spacial score (nSPS) is 40.2. The fraction of sp³-hybridized carbons (Fsp3) is 1.00. The molecule has 0 aromatic carbocycles. The van der Waals surface area contributed by atoms with Crippen LogP contribution in [0.3, 0.4) is 0 Å². The van der Waals surface area contributed by atoms with Gasteiger partial charge in [-0.25, -0.2) is 0 Å². The van der Waals surface area contributed by atoms with E-state index in [2.05, 4.69) is 41.3 Å². The number of ether oxygens (including phenoxy) is 1. The van der Waals surface area contributed by atoms with Gasteiger partial charge in [-0.15, -0.1) is 0 Å². The minimum absolute atomic E-state index is 0.0422. The second kappa shape index (κ2) is 6.91. The van der Waals surface area contributed by atoms with Crippen molar-refractivity contribution < 1.29 is 4.74 Å². The van der Waals surface area contributed by atoms with Crippen molar-refractivity contribution in [1.82, 2.24) is 4.90 Å². The second-order valence-electron chi connectivity index (χ2n) is 8.21. The molecule has 1 spiro atoms. The zero-order chi connectivity index (χ0) is 15.8. The van der Waals surface area contributed by atoms with Crippen molar-refractivity contribution >= 4 is 30.4 Å². The van der Waals surface area contributed by atoms with E-state index in [-0.39, 0.29) is 3.32 Å². The summed E-state index contributed by atoms with van der Waals surface area (Å²) in [6.07, 6.45) is 10.4. The van der Waals surface area contributed by atoms with Crippen LogP contribution in [-0.2, 0) is 4.74 Å². The number of likely N-dealkylation sites (tertiary alicyclic amines) is 1. The van der Waals surface area contributed by atoms with Crippen LogP contribution in [0.2, 0.25) is 0 Å². The smallest absolute Gasteiger partial charge is 0.0889 e. The molecule has 3 fully saturated rings. The predicted molar refractivity (Wildman–Crippen MR) is 102 cm³/mol. The monoisotopic (exact) mass is 415 g/mol.